The number of fused-ring (bicyclic) bond motifs is 1. The van der Waals surface area contributed by atoms with Crippen LogP contribution in [0.25, 0.3) is 0 Å². The normalized spacial score (nSPS) is 22.2. The Kier molecular flexibility index (Phi) is 11.6. The number of benzene rings is 2. The van der Waals surface area contributed by atoms with Crippen LogP contribution in [0.3, 0.4) is 0 Å². The third kappa shape index (κ3) is 9.45. The topological polar surface area (TPSA) is 147 Å². The summed E-state index contributed by atoms with van der Waals surface area (Å²) in [4.78, 5) is 31.7. The number of hydrogen-bond acceptors (Lipinski definition) is 8. The molecule has 1 saturated heterocycles. The van der Waals surface area contributed by atoms with Gasteiger partial charge >= 0.3 is 0 Å². The summed E-state index contributed by atoms with van der Waals surface area (Å²) in [5.41, 5.74) is -0.133. The highest BCUT2D eigenvalue weighted by atomic mass is 32.2. The Morgan fingerprint density at radius 2 is 1.73 bits per heavy atom. The third-order valence-corrected chi connectivity index (χ3v) is 10.8. The van der Waals surface area contributed by atoms with Crippen molar-refractivity contribution >= 4 is 33.7 Å². The van der Waals surface area contributed by atoms with Crippen LogP contribution in [0.1, 0.15) is 68.8 Å². The van der Waals surface area contributed by atoms with Crippen LogP contribution in [-0.4, -0.2) is 93.2 Å². The van der Waals surface area contributed by atoms with Crippen molar-refractivity contribution in [3.63, 3.8) is 0 Å². The maximum Gasteiger partial charge on any atom is 0.283 e. The van der Waals surface area contributed by atoms with Gasteiger partial charge in [0, 0.05) is 40.4 Å². The number of piperidine rings is 1. The molecule has 2 fully saturated rings. The zero-order valence-corrected chi connectivity index (χ0v) is 28.2. The van der Waals surface area contributed by atoms with Crippen LogP contribution in [0.15, 0.2) is 53.4 Å². The highest BCUT2D eigenvalue weighted by molar-refractivity contribution is 7.99. The molecule has 2 amide bonds. The molecule has 1 aliphatic carbocycles. The molecule has 12 heteroatoms. The van der Waals surface area contributed by atoms with E-state index >= 15 is 0 Å². The number of carbonyl (C=O) groups is 2. The summed E-state index contributed by atoms with van der Waals surface area (Å²) in [7, 11) is -4.48. The first-order valence-corrected chi connectivity index (χ1v) is 18.2. The first-order valence-electron chi connectivity index (χ1n) is 15.6. The van der Waals surface area contributed by atoms with Gasteiger partial charge < -0.3 is 20.4 Å². The Balaban J connectivity index is 1.61. The number of likely N-dealkylation sites (tertiary alicyclic amines) is 1. The minimum atomic E-state index is -4.48. The van der Waals surface area contributed by atoms with Gasteiger partial charge in [-0.05, 0) is 76.6 Å². The molecule has 0 spiro atoms. The van der Waals surface area contributed by atoms with Gasteiger partial charge in [-0.25, -0.2) is 0 Å². The van der Waals surface area contributed by atoms with Gasteiger partial charge in [0.25, 0.3) is 16.0 Å². The number of aliphatic hydroxyl groups is 1. The van der Waals surface area contributed by atoms with Crippen molar-refractivity contribution in [3.8, 4) is 5.75 Å². The lowest BCUT2D eigenvalue weighted by atomic mass is 9.72. The maximum absolute atomic E-state index is 14.1. The minimum Gasteiger partial charge on any atom is -0.508 e. The molecular formula is C33H47N3O7S2. The predicted octanol–water partition coefficient (Wildman–Crippen LogP) is 4.31. The summed E-state index contributed by atoms with van der Waals surface area (Å²) in [5.74, 6) is -0.620. The highest BCUT2D eigenvalue weighted by Crippen LogP contribution is 2.39. The van der Waals surface area contributed by atoms with E-state index in [1.807, 2.05) is 35.2 Å². The van der Waals surface area contributed by atoms with Crippen molar-refractivity contribution < 1.29 is 32.8 Å². The van der Waals surface area contributed by atoms with E-state index in [-0.39, 0.29) is 12.3 Å². The van der Waals surface area contributed by atoms with Gasteiger partial charge in [0.15, 0.2) is 0 Å². The van der Waals surface area contributed by atoms with Crippen molar-refractivity contribution in [2.75, 3.05) is 24.7 Å². The molecule has 1 heterocycles. The summed E-state index contributed by atoms with van der Waals surface area (Å²) in [5, 5.41) is 24.9. The summed E-state index contributed by atoms with van der Waals surface area (Å²) >= 11 is 1.49. The molecular weight excluding hydrogens is 615 g/mol. The molecule has 45 heavy (non-hydrogen) atoms. The van der Waals surface area contributed by atoms with Gasteiger partial charge in [-0.15, -0.1) is 11.8 Å². The van der Waals surface area contributed by atoms with Crippen molar-refractivity contribution in [1.29, 1.82) is 0 Å². The van der Waals surface area contributed by atoms with Gasteiger partial charge in [-0.3, -0.25) is 19.0 Å². The molecule has 0 bridgehead atoms. The minimum absolute atomic E-state index is 0.00316. The van der Waals surface area contributed by atoms with E-state index in [1.54, 1.807) is 39.8 Å². The molecule has 4 N–H and O–H groups in total. The molecule has 1 saturated carbocycles. The first-order chi connectivity index (χ1) is 21.1. The zero-order valence-electron chi connectivity index (χ0n) is 26.6. The maximum atomic E-state index is 14.1. The smallest absolute Gasteiger partial charge is 0.283 e. The van der Waals surface area contributed by atoms with Crippen molar-refractivity contribution in [3.05, 3.63) is 59.7 Å². The largest absolute Gasteiger partial charge is 0.508 e. The average Bonchev–Trinajstić information content (AvgIpc) is 2.98. The fraction of sp³-hybridized carbons (Fsp3) is 0.576. The lowest BCUT2D eigenvalue weighted by Crippen LogP contribution is -2.61. The SMILES string of the molecule is Cc1c(O)cccc1C(=O)N[C@@H](CSc1ccccc1)[C@H](O)CN1C[C@H]2CCCC[C@H]2C[C@H]1C(=O)N(CS(=O)(=O)O)C(C)(C)C. The van der Waals surface area contributed by atoms with Crippen LogP contribution < -0.4 is 5.32 Å². The predicted molar refractivity (Wildman–Crippen MR) is 176 cm³/mol. The number of rotatable bonds is 11. The van der Waals surface area contributed by atoms with Crippen LogP contribution >= 0.6 is 11.8 Å². The van der Waals surface area contributed by atoms with E-state index in [0.29, 0.717) is 41.7 Å². The molecule has 0 radical (unpaired) electrons. The monoisotopic (exact) mass is 661 g/mol. The van der Waals surface area contributed by atoms with Gasteiger partial charge in [0.1, 0.15) is 11.6 Å². The fourth-order valence-corrected chi connectivity index (χ4v) is 8.39. The van der Waals surface area contributed by atoms with Crippen molar-refractivity contribution in [2.24, 2.45) is 11.8 Å². The Morgan fingerprint density at radius 3 is 2.38 bits per heavy atom. The standard InChI is InChI=1S/C33H47N3O7S2/c1-22-26(15-10-16-29(22)37)31(39)34-27(20-44-25-13-6-5-7-14-25)30(38)19-35-18-24-12-9-8-11-23(24)17-28(35)32(40)36(33(2,3)4)21-45(41,42)43/h5-7,10,13-16,23-24,27-28,30,37-38H,8-9,11-12,17-21H2,1-4H3,(H,34,39)(H,41,42,43)/t23-,24+,27-,28-,30+/m0/s1. The van der Waals surface area contributed by atoms with E-state index in [2.05, 4.69) is 5.32 Å². The number of thioether (sulfide) groups is 1. The molecule has 248 valence electrons. The lowest BCUT2D eigenvalue weighted by molar-refractivity contribution is -0.145. The summed E-state index contributed by atoms with van der Waals surface area (Å²) < 4.78 is 33.6. The second kappa shape index (κ2) is 14.8. The van der Waals surface area contributed by atoms with Crippen LogP contribution in [0.2, 0.25) is 0 Å². The summed E-state index contributed by atoms with van der Waals surface area (Å²) in [6.07, 6.45) is 3.66. The lowest BCUT2D eigenvalue weighted by Gasteiger charge is -2.48. The number of hydrogen-bond donors (Lipinski definition) is 4. The molecule has 2 aromatic carbocycles. The molecule has 1 aliphatic heterocycles. The summed E-state index contributed by atoms with van der Waals surface area (Å²) in [6, 6.07) is 13.0. The molecule has 10 nitrogen and oxygen atoms in total. The number of amides is 2. The quantitative estimate of drug-likeness (QED) is 0.204. The molecule has 4 rings (SSSR count). The number of aromatic hydroxyl groups is 1. The van der Waals surface area contributed by atoms with Gasteiger partial charge in [-0.1, -0.05) is 43.5 Å². The molecule has 2 aliphatic rings. The average molecular weight is 662 g/mol. The number of phenols is 1. The molecule has 0 unspecified atom stereocenters. The number of phenolic OH excluding ortho intramolecular Hbond substituents is 1. The van der Waals surface area contributed by atoms with E-state index in [9.17, 15) is 32.8 Å². The second-order valence-corrected chi connectivity index (χ2v) is 15.9. The van der Waals surface area contributed by atoms with Crippen LogP contribution in [0, 0.1) is 18.8 Å². The van der Waals surface area contributed by atoms with Crippen LogP contribution in [0.4, 0.5) is 0 Å². The zero-order chi connectivity index (χ0) is 32.9. The fourth-order valence-electron chi connectivity index (χ4n) is 6.52. The third-order valence-electron chi connectivity index (χ3n) is 9.08. The number of β-amino-alcohol motifs (C(OH)–C–C–N with tert-alkyl or cyclic N) is 1. The second-order valence-electron chi connectivity index (χ2n) is 13.4. The molecule has 2 aromatic rings. The van der Waals surface area contributed by atoms with E-state index in [0.717, 1.165) is 30.6 Å². The van der Waals surface area contributed by atoms with Gasteiger partial charge in [-0.2, -0.15) is 8.42 Å². The van der Waals surface area contributed by atoms with Crippen LogP contribution in [-0.2, 0) is 14.9 Å². The molecule has 5 atom stereocenters. The number of nitrogens with zero attached hydrogens (tertiary/aromatic N) is 2. The first kappa shape index (κ1) is 35.2. The van der Waals surface area contributed by atoms with E-state index in [4.69, 9.17) is 0 Å². The molecule has 0 aromatic heterocycles. The van der Waals surface area contributed by atoms with Crippen LogP contribution in [0.5, 0.6) is 5.75 Å². The van der Waals surface area contributed by atoms with Crippen molar-refractivity contribution in [1.82, 2.24) is 15.1 Å². The number of aliphatic hydroxyl groups excluding tert-OH is 1. The van der Waals surface area contributed by atoms with Gasteiger partial charge in [0.05, 0.1) is 18.2 Å². The Labute approximate surface area is 271 Å². The van der Waals surface area contributed by atoms with E-state index < -0.39 is 51.5 Å². The Bertz CT molecular complexity index is 1430. The Hall–Kier alpha value is -2.64. The highest BCUT2D eigenvalue weighted by Gasteiger charge is 2.44. The summed E-state index contributed by atoms with van der Waals surface area (Å²) in [6.45, 7) is 7.52. The Morgan fingerprint density at radius 1 is 1.07 bits per heavy atom. The van der Waals surface area contributed by atoms with E-state index in [1.165, 1.54) is 22.7 Å². The van der Waals surface area contributed by atoms with Gasteiger partial charge in [0.2, 0.25) is 5.91 Å². The van der Waals surface area contributed by atoms with Crippen molar-refractivity contribution in [2.45, 2.75) is 88.4 Å². The number of nitrogens with one attached hydrogen (secondary N) is 1. The number of carbonyl (C=O) groups excluding carboxylic acids is 2.